The number of benzene rings is 1. The molecule has 6 nitrogen and oxygen atoms in total. The van der Waals surface area contributed by atoms with Crippen LogP contribution in [0.15, 0.2) is 52.5 Å². The minimum Gasteiger partial charge on any atom is -0.493 e. The fourth-order valence-corrected chi connectivity index (χ4v) is 4.01. The van der Waals surface area contributed by atoms with Gasteiger partial charge in [0.15, 0.2) is 16.7 Å². The van der Waals surface area contributed by atoms with Crippen LogP contribution >= 0.6 is 11.8 Å². The molecule has 176 valence electrons. The summed E-state index contributed by atoms with van der Waals surface area (Å²) < 4.78 is 52.3. The van der Waals surface area contributed by atoms with Crippen molar-refractivity contribution in [3.05, 3.63) is 64.2 Å². The van der Waals surface area contributed by atoms with Gasteiger partial charge in [-0.1, -0.05) is 31.2 Å². The minimum absolute atomic E-state index is 0.0610. The lowest BCUT2D eigenvalue weighted by Gasteiger charge is -2.13. The average Bonchev–Trinajstić information content (AvgIpc) is 2.79. The second kappa shape index (κ2) is 10.7. The Morgan fingerprint density at radius 3 is 2.45 bits per heavy atom. The maximum atomic E-state index is 13.4. The fourth-order valence-electron chi connectivity index (χ4n) is 3.07. The number of halogens is 3. The van der Waals surface area contributed by atoms with Crippen molar-refractivity contribution in [3.8, 4) is 22.8 Å². The first-order chi connectivity index (χ1) is 15.7. The standard InChI is InChI=1S/C23H24F3N3O3S/c1-4-5-10-33-22-27-17(12-20(28-22)23(24,25)26)16-7-9-21(30)29(14-16)13-15-6-8-18(31-2)19(11-15)32-3/h6-9,11-12,14H,4-5,10,13H2,1-3H3. The summed E-state index contributed by atoms with van der Waals surface area (Å²) in [6.45, 7) is 2.20. The number of thioether (sulfide) groups is 1. The van der Waals surface area contributed by atoms with Crippen molar-refractivity contribution in [1.29, 1.82) is 0 Å². The van der Waals surface area contributed by atoms with Crippen molar-refractivity contribution in [1.82, 2.24) is 14.5 Å². The first-order valence-corrected chi connectivity index (χ1v) is 11.2. The number of rotatable bonds is 9. The molecule has 3 rings (SSSR count). The third-order valence-electron chi connectivity index (χ3n) is 4.81. The quantitative estimate of drug-likeness (QED) is 0.236. The minimum atomic E-state index is -4.61. The summed E-state index contributed by atoms with van der Waals surface area (Å²) in [6, 6.07) is 8.95. The Kier molecular flexibility index (Phi) is 8.01. The van der Waals surface area contributed by atoms with Crippen LogP contribution in [0.5, 0.6) is 11.5 Å². The van der Waals surface area contributed by atoms with Gasteiger partial charge in [0.05, 0.1) is 26.5 Å². The van der Waals surface area contributed by atoms with Gasteiger partial charge < -0.3 is 14.0 Å². The van der Waals surface area contributed by atoms with Crippen LogP contribution in [-0.2, 0) is 12.7 Å². The molecule has 10 heteroatoms. The van der Waals surface area contributed by atoms with Crippen LogP contribution in [0.2, 0.25) is 0 Å². The molecule has 0 spiro atoms. The summed E-state index contributed by atoms with van der Waals surface area (Å²) in [4.78, 5) is 20.4. The Morgan fingerprint density at radius 1 is 1.03 bits per heavy atom. The van der Waals surface area contributed by atoms with E-state index in [1.807, 2.05) is 6.92 Å². The Balaban J connectivity index is 1.98. The van der Waals surface area contributed by atoms with Crippen LogP contribution in [0.3, 0.4) is 0 Å². The number of nitrogens with zero attached hydrogens (tertiary/aromatic N) is 3. The van der Waals surface area contributed by atoms with E-state index in [9.17, 15) is 18.0 Å². The molecule has 1 aromatic carbocycles. The summed E-state index contributed by atoms with van der Waals surface area (Å²) in [5, 5.41) is 0.0610. The molecule has 0 saturated carbocycles. The highest BCUT2D eigenvalue weighted by Gasteiger charge is 2.34. The van der Waals surface area contributed by atoms with E-state index in [1.54, 1.807) is 18.2 Å². The van der Waals surface area contributed by atoms with Gasteiger partial charge in [-0.3, -0.25) is 4.79 Å². The van der Waals surface area contributed by atoms with E-state index in [0.29, 0.717) is 22.8 Å². The molecule has 0 aliphatic carbocycles. The lowest BCUT2D eigenvalue weighted by Crippen LogP contribution is -2.19. The molecule has 0 saturated heterocycles. The molecule has 3 aromatic rings. The summed E-state index contributed by atoms with van der Waals surface area (Å²) in [6.07, 6.45) is -1.34. The van der Waals surface area contributed by atoms with Crippen LogP contribution < -0.4 is 15.0 Å². The third kappa shape index (κ3) is 6.28. The summed E-state index contributed by atoms with van der Waals surface area (Å²) in [7, 11) is 3.04. The molecule has 0 aliphatic heterocycles. The predicted octanol–water partition coefficient (Wildman–Crippen LogP) is 5.28. The van der Waals surface area contributed by atoms with E-state index in [-0.39, 0.29) is 23.0 Å². The number of hydrogen-bond donors (Lipinski definition) is 0. The van der Waals surface area contributed by atoms with Crippen LogP contribution in [0.4, 0.5) is 13.2 Å². The number of hydrogen-bond acceptors (Lipinski definition) is 6. The number of alkyl halides is 3. The molecular formula is C23H24F3N3O3S. The van der Waals surface area contributed by atoms with Crippen LogP contribution in [0.25, 0.3) is 11.3 Å². The largest absolute Gasteiger partial charge is 0.493 e. The highest BCUT2D eigenvalue weighted by Crippen LogP contribution is 2.32. The zero-order chi connectivity index (χ0) is 24.0. The lowest BCUT2D eigenvalue weighted by atomic mass is 10.1. The maximum absolute atomic E-state index is 13.4. The summed E-state index contributed by atoms with van der Waals surface area (Å²) in [5.74, 6) is 1.69. The molecule has 2 aromatic heterocycles. The van der Waals surface area contributed by atoms with E-state index in [1.165, 1.54) is 48.9 Å². The van der Waals surface area contributed by atoms with Gasteiger partial charge in [0.2, 0.25) is 0 Å². The van der Waals surface area contributed by atoms with E-state index in [4.69, 9.17) is 9.47 Å². The molecule has 2 heterocycles. The summed E-state index contributed by atoms with van der Waals surface area (Å²) in [5.41, 5.74) is -0.0422. The molecule has 0 bridgehead atoms. The van der Waals surface area contributed by atoms with Gasteiger partial charge in [0, 0.05) is 23.6 Å². The lowest BCUT2D eigenvalue weighted by molar-refractivity contribution is -0.141. The van der Waals surface area contributed by atoms with Crippen molar-refractivity contribution in [2.24, 2.45) is 0 Å². The van der Waals surface area contributed by atoms with Crippen molar-refractivity contribution in [2.75, 3.05) is 20.0 Å². The average molecular weight is 480 g/mol. The highest BCUT2D eigenvalue weighted by molar-refractivity contribution is 7.99. The van der Waals surface area contributed by atoms with Crippen molar-refractivity contribution >= 4 is 11.8 Å². The monoisotopic (exact) mass is 479 g/mol. The van der Waals surface area contributed by atoms with Crippen molar-refractivity contribution < 1.29 is 22.6 Å². The Bertz CT molecular complexity index is 1170. The molecule has 0 atom stereocenters. The zero-order valence-corrected chi connectivity index (χ0v) is 19.3. The molecular weight excluding hydrogens is 455 g/mol. The van der Waals surface area contributed by atoms with Gasteiger partial charge in [0.25, 0.3) is 5.56 Å². The smallest absolute Gasteiger partial charge is 0.433 e. The van der Waals surface area contributed by atoms with Gasteiger partial charge in [-0.2, -0.15) is 13.2 Å². The molecule has 0 radical (unpaired) electrons. The number of methoxy groups -OCH3 is 2. The van der Waals surface area contributed by atoms with Gasteiger partial charge in [-0.25, -0.2) is 9.97 Å². The predicted molar refractivity (Wildman–Crippen MR) is 121 cm³/mol. The third-order valence-corrected chi connectivity index (χ3v) is 5.74. The SMILES string of the molecule is CCCCSc1nc(-c2ccc(=O)n(Cc3ccc(OC)c(OC)c3)c2)cc(C(F)(F)F)n1. The fraction of sp³-hybridized carbons (Fsp3) is 0.348. The second-order valence-electron chi connectivity index (χ2n) is 7.19. The normalized spacial score (nSPS) is 11.5. The molecule has 0 amide bonds. The number of unbranched alkanes of at least 4 members (excludes halogenated alkanes) is 1. The summed E-state index contributed by atoms with van der Waals surface area (Å²) >= 11 is 1.19. The highest BCUT2D eigenvalue weighted by atomic mass is 32.2. The Morgan fingerprint density at radius 2 is 1.79 bits per heavy atom. The Hall–Kier alpha value is -3.01. The number of aromatic nitrogens is 3. The van der Waals surface area contributed by atoms with Gasteiger partial charge >= 0.3 is 6.18 Å². The maximum Gasteiger partial charge on any atom is 0.433 e. The second-order valence-corrected chi connectivity index (χ2v) is 8.26. The van der Waals surface area contributed by atoms with Gasteiger partial charge in [0.1, 0.15) is 5.69 Å². The molecule has 0 unspecified atom stereocenters. The van der Waals surface area contributed by atoms with Crippen molar-refractivity contribution in [3.63, 3.8) is 0 Å². The zero-order valence-electron chi connectivity index (χ0n) is 18.5. The molecule has 33 heavy (non-hydrogen) atoms. The number of pyridine rings is 1. The first kappa shape index (κ1) is 24.6. The van der Waals surface area contributed by atoms with Gasteiger partial charge in [-0.15, -0.1) is 0 Å². The Labute approximate surface area is 193 Å². The van der Waals surface area contributed by atoms with Crippen molar-refractivity contribution in [2.45, 2.75) is 37.6 Å². The van der Waals surface area contributed by atoms with Gasteiger partial charge in [-0.05, 0) is 36.2 Å². The van der Waals surface area contributed by atoms with E-state index in [0.717, 1.165) is 24.5 Å². The van der Waals surface area contributed by atoms with E-state index < -0.39 is 11.9 Å². The van der Waals surface area contributed by atoms with Crippen LogP contribution in [0.1, 0.15) is 31.0 Å². The topological polar surface area (TPSA) is 66.2 Å². The van der Waals surface area contributed by atoms with E-state index >= 15 is 0 Å². The van der Waals surface area contributed by atoms with E-state index in [2.05, 4.69) is 9.97 Å². The van der Waals surface area contributed by atoms with Crippen LogP contribution in [0, 0.1) is 0 Å². The molecule has 0 N–H and O–H groups in total. The number of ether oxygens (including phenoxy) is 2. The first-order valence-electron chi connectivity index (χ1n) is 10.3. The van der Waals surface area contributed by atoms with Crippen LogP contribution in [-0.4, -0.2) is 34.5 Å². The molecule has 0 aliphatic rings. The molecule has 0 fully saturated rings.